The highest BCUT2D eigenvalue weighted by Gasteiger charge is 2.77. The highest BCUT2D eigenvalue weighted by molar-refractivity contribution is 6.69. The summed E-state index contributed by atoms with van der Waals surface area (Å²) in [6.07, 6.45) is 0.806. The van der Waals surface area contributed by atoms with Gasteiger partial charge < -0.3 is 13.9 Å². The van der Waals surface area contributed by atoms with E-state index in [1.54, 1.807) is 13.8 Å². The van der Waals surface area contributed by atoms with Gasteiger partial charge in [-0.05, 0) is 60.2 Å². The SMILES string of the molecule is CC(=O)C1C[C@]2(C)O[C@H]1[C@@]1(C)CC(C(C)=O)[C@]2(O[Si](C)(C)C)O1. The molecule has 3 aliphatic rings. The molecule has 0 amide bonds. The fraction of sp³-hybridized carbons (Fsp3) is 0.882. The molecule has 3 aliphatic heterocycles. The Hall–Kier alpha value is -0.563. The van der Waals surface area contributed by atoms with Gasteiger partial charge in [0, 0.05) is 5.92 Å². The fourth-order valence-electron chi connectivity index (χ4n) is 4.78. The molecule has 3 saturated heterocycles. The average Bonchev–Trinajstić information content (AvgIpc) is 2.83. The van der Waals surface area contributed by atoms with Gasteiger partial charge in [0.05, 0.1) is 17.6 Å². The van der Waals surface area contributed by atoms with Gasteiger partial charge in [0.1, 0.15) is 17.2 Å². The predicted molar refractivity (Wildman–Crippen MR) is 87.5 cm³/mol. The minimum atomic E-state index is -2.01. The second-order valence-electron chi connectivity index (χ2n) is 8.85. The molecule has 4 bridgehead atoms. The number of ketones is 2. The van der Waals surface area contributed by atoms with Crippen molar-refractivity contribution in [3.8, 4) is 0 Å². The third-order valence-corrected chi connectivity index (χ3v) is 6.54. The fourth-order valence-corrected chi connectivity index (χ4v) is 6.09. The van der Waals surface area contributed by atoms with Crippen LogP contribution in [0.5, 0.6) is 0 Å². The molecule has 6 heteroatoms. The maximum atomic E-state index is 12.4. The molecule has 23 heavy (non-hydrogen) atoms. The van der Waals surface area contributed by atoms with Gasteiger partial charge in [-0.25, -0.2) is 0 Å². The van der Waals surface area contributed by atoms with E-state index in [1.165, 1.54) is 0 Å². The maximum absolute atomic E-state index is 12.4. The van der Waals surface area contributed by atoms with Crippen molar-refractivity contribution in [3.63, 3.8) is 0 Å². The predicted octanol–water partition coefficient (Wildman–Crippen LogP) is 2.68. The number of Topliss-reactive ketones (excluding diaryl/α,β-unsaturated/α-hetero) is 2. The van der Waals surface area contributed by atoms with E-state index in [9.17, 15) is 9.59 Å². The molecule has 0 aromatic carbocycles. The summed E-state index contributed by atoms with van der Waals surface area (Å²) < 4.78 is 19.4. The van der Waals surface area contributed by atoms with E-state index in [-0.39, 0.29) is 29.5 Å². The van der Waals surface area contributed by atoms with Gasteiger partial charge in [-0.2, -0.15) is 0 Å². The van der Waals surface area contributed by atoms with Crippen LogP contribution in [0.15, 0.2) is 0 Å². The molecule has 0 aliphatic carbocycles. The van der Waals surface area contributed by atoms with E-state index in [1.807, 2.05) is 13.8 Å². The number of carbonyl (C=O) groups is 2. The van der Waals surface area contributed by atoms with Crippen LogP contribution < -0.4 is 0 Å². The minimum Gasteiger partial charge on any atom is -0.388 e. The van der Waals surface area contributed by atoms with Crippen LogP contribution in [0.1, 0.15) is 40.5 Å². The van der Waals surface area contributed by atoms with E-state index < -0.39 is 25.3 Å². The summed E-state index contributed by atoms with van der Waals surface area (Å²) in [7, 11) is -2.01. The largest absolute Gasteiger partial charge is 0.388 e. The second kappa shape index (κ2) is 4.75. The molecular formula is C17H28O5Si. The summed E-state index contributed by atoms with van der Waals surface area (Å²) >= 11 is 0. The number of hydrogen-bond acceptors (Lipinski definition) is 5. The van der Waals surface area contributed by atoms with E-state index in [4.69, 9.17) is 13.9 Å². The van der Waals surface area contributed by atoms with Crippen LogP contribution in [0.25, 0.3) is 0 Å². The molecule has 2 unspecified atom stereocenters. The molecular weight excluding hydrogens is 312 g/mol. The summed E-state index contributed by atoms with van der Waals surface area (Å²) in [6, 6.07) is 0. The van der Waals surface area contributed by atoms with Gasteiger partial charge in [-0.3, -0.25) is 9.59 Å². The lowest BCUT2D eigenvalue weighted by Gasteiger charge is -2.52. The number of ether oxygens (including phenoxy) is 2. The Morgan fingerprint density at radius 2 is 1.70 bits per heavy atom. The van der Waals surface area contributed by atoms with E-state index in [2.05, 4.69) is 19.6 Å². The molecule has 0 N–H and O–H groups in total. The highest BCUT2D eigenvalue weighted by Crippen LogP contribution is 2.64. The quantitative estimate of drug-likeness (QED) is 0.736. The molecule has 0 aromatic rings. The van der Waals surface area contributed by atoms with Gasteiger partial charge in [-0.1, -0.05) is 0 Å². The van der Waals surface area contributed by atoms with Gasteiger partial charge >= 0.3 is 0 Å². The van der Waals surface area contributed by atoms with E-state index in [0.717, 1.165) is 0 Å². The van der Waals surface area contributed by atoms with Crippen molar-refractivity contribution >= 4 is 19.9 Å². The molecule has 3 heterocycles. The molecule has 0 radical (unpaired) electrons. The average molecular weight is 340 g/mol. The Morgan fingerprint density at radius 3 is 2.17 bits per heavy atom. The molecule has 3 fully saturated rings. The topological polar surface area (TPSA) is 61.8 Å². The normalized spacial score (nSPS) is 48.6. The zero-order valence-electron chi connectivity index (χ0n) is 15.2. The van der Waals surface area contributed by atoms with Crippen LogP contribution in [-0.4, -0.2) is 43.0 Å². The lowest BCUT2D eigenvalue weighted by molar-refractivity contribution is -0.359. The Balaban J connectivity index is 2.13. The highest BCUT2D eigenvalue weighted by atomic mass is 28.4. The Kier molecular flexibility index (Phi) is 3.56. The van der Waals surface area contributed by atoms with Gasteiger partial charge in [0.2, 0.25) is 0 Å². The minimum absolute atomic E-state index is 0.0729. The first kappa shape index (κ1) is 17.3. The number of fused-ring (bicyclic) bond motifs is 6. The Morgan fingerprint density at radius 1 is 1.09 bits per heavy atom. The molecule has 3 rings (SSSR count). The number of hydrogen-bond donors (Lipinski definition) is 0. The zero-order chi connectivity index (χ0) is 17.4. The van der Waals surface area contributed by atoms with Crippen molar-refractivity contribution in [1.82, 2.24) is 0 Å². The summed E-state index contributed by atoms with van der Waals surface area (Å²) in [5.41, 5.74) is -1.41. The maximum Gasteiger partial charge on any atom is 0.198 e. The van der Waals surface area contributed by atoms with Crippen molar-refractivity contribution in [3.05, 3.63) is 0 Å². The first-order valence-corrected chi connectivity index (χ1v) is 11.8. The monoisotopic (exact) mass is 340 g/mol. The van der Waals surface area contributed by atoms with E-state index >= 15 is 0 Å². The first-order chi connectivity index (χ1) is 10.3. The first-order valence-electron chi connectivity index (χ1n) is 8.43. The second-order valence-corrected chi connectivity index (χ2v) is 13.3. The van der Waals surface area contributed by atoms with Crippen molar-refractivity contribution in [2.24, 2.45) is 11.8 Å². The zero-order valence-corrected chi connectivity index (χ0v) is 16.2. The van der Waals surface area contributed by atoms with Crippen LogP contribution in [0, 0.1) is 11.8 Å². The summed E-state index contributed by atoms with van der Waals surface area (Å²) in [5, 5.41) is 0. The molecule has 6 atom stereocenters. The summed E-state index contributed by atoms with van der Waals surface area (Å²) in [6.45, 7) is 13.4. The molecule has 5 nitrogen and oxygen atoms in total. The van der Waals surface area contributed by atoms with Gasteiger partial charge in [0.25, 0.3) is 0 Å². The third kappa shape index (κ3) is 2.29. The molecule has 0 aromatic heterocycles. The van der Waals surface area contributed by atoms with Crippen molar-refractivity contribution in [2.75, 3.05) is 0 Å². The van der Waals surface area contributed by atoms with E-state index in [0.29, 0.717) is 12.8 Å². The van der Waals surface area contributed by atoms with Crippen LogP contribution in [0.3, 0.4) is 0 Å². The Labute approximate surface area is 139 Å². The Bertz CT molecular complexity index is 570. The van der Waals surface area contributed by atoms with Crippen LogP contribution in [0.4, 0.5) is 0 Å². The summed E-state index contributed by atoms with van der Waals surface area (Å²) in [4.78, 5) is 24.5. The van der Waals surface area contributed by atoms with Crippen molar-refractivity contribution in [2.45, 2.75) is 83.3 Å². The third-order valence-electron chi connectivity index (χ3n) is 5.62. The molecule has 130 valence electrons. The lowest BCUT2D eigenvalue weighted by atomic mass is 9.72. The van der Waals surface area contributed by atoms with Crippen LogP contribution in [0.2, 0.25) is 19.6 Å². The van der Waals surface area contributed by atoms with Crippen molar-refractivity contribution < 1.29 is 23.5 Å². The van der Waals surface area contributed by atoms with Crippen LogP contribution in [-0.2, 0) is 23.5 Å². The van der Waals surface area contributed by atoms with Gasteiger partial charge in [-0.15, -0.1) is 0 Å². The smallest absolute Gasteiger partial charge is 0.198 e. The number of rotatable bonds is 4. The lowest BCUT2D eigenvalue weighted by Crippen LogP contribution is -2.65. The molecule has 0 saturated carbocycles. The summed E-state index contributed by atoms with van der Waals surface area (Å²) in [5.74, 6) is -1.41. The molecule has 0 spiro atoms. The van der Waals surface area contributed by atoms with Gasteiger partial charge in [0.15, 0.2) is 14.1 Å². The van der Waals surface area contributed by atoms with Crippen LogP contribution >= 0.6 is 0 Å². The standard InChI is InChI=1S/C17H28O5Si/c1-10(18)12-8-16(4)17(22-23(5,6)7)13(11(2)19)9-15(3,21-17)14(12)20-16/h12-14H,8-9H2,1-7H3/t12?,13?,14-,15-,16+,17-/m1/s1. The number of carbonyl (C=O) groups excluding carboxylic acids is 2. The van der Waals surface area contributed by atoms with Crippen molar-refractivity contribution in [1.29, 1.82) is 0 Å².